The number of fused-ring (bicyclic) bond motifs is 2. The number of aromatic amines is 1. The van der Waals surface area contributed by atoms with Crippen LogP contribution in [0.2, 0.25) is 0 Å². The molecule has 3 aromatic heterocycles. The number of rotatable bonds is 3. The van der Waals surface area contributed by atoms with Crippen LogP contribution in [0.15, 0.2) is 53.7 Å². The van der Waals surface area contributed by atoms with Gasteiger partial charge in [0.05, 0.1) is 17.3 Å². The molecule has 3 N–H and O–H groups in total. The number of ether oxygens (including phenoxy) is 1. The Morgan fingerprint density at radius 3 is 2.54 bits per heavy atom. The molecular formula is C27H27F2N7O3. The summed E-state index contributed by atoms with van der Waals surface area (Å²) in [7, 11) is 0. The minimum Gasteiger partial charge on any atom is -0.439 e. The van der Waals surface area contributed by atoms with E-state index in [4.69, 9.17) is 10.5 Å². The predicted molar refractivity (Wildman–Crippen MR) is 137 cm³/mol. The van der Waals surface area contributed by atoms with Gasteiger partial charge in [0.15, 0.2) is 17.3 Å². The quantitative estimate of drug-likeness (QED) is 0.381. The van der Waals surface area contributed by atoms with E-state index in [0.29, 0.717) is 55.8 Å². The second-order valence-electron chi connectivity index (χ2n) is 9.94. The van der Waals surface area contributed by atoms with E-state index in [2.05, 4.69) is 19.9 Å². The fourth-order valence-electron chi connectivity index (χ4n) is 5.80. The minimum atomic E-state index is -0.944. The van der Waals surface area contributed by atoms with Gasteiger partial charge in [-0.2, -0.15) is 0 Å². The van der Waals surface area contributed by atoms with Crippen LogP contribution in [0.5, 0.6) is 0 Å². The Labute approximate surface area is 221 Å². The summed E-state index contributed by atoms with van der Waals surface area (Å²) in [6.45, 7) is 0.805. The molecule has 39 heavy (non-hydrogen) atoms. The van der Waals surface area contributed by atoms with Gasteiger partial charge >= 0.3 is 11.8 Å². The summed E-state index contributed by atoms with van der Waals surface area (Å²) in [6.07, 6.45) is 5.16. The highest BCUT2D eigenvalue weighted by atomic mass is 19.2. The van der Waals surface area contributed by atoms with E-state index in [1.807, 2.05) is 6.07 Å². The van der Waals surface area contributed by atoms with Crippen molar-refractivity contribution in [2.45, 2.75) is 49.8 Å². The second kappa shape index (κ2) is 10.2. The first-order chi connectivity index (χ1) is 18.9. The van der Waals surface area contributed by atoms with Crippen molar-refractivity contribution in [1.29, 1.82) is 0 Å². The number of hydrogen-bond donors (Lipinski definition) is 2. The van der Waals surface area contributed by atoms with Crippen molar-refractivity contribution in [3.63, 3.8) is 0 Å². The lowest BCUT2D eigenvalue weighted by Crippen LogP contribution is -2.41. The lowest BCUT2D eigenvalue weighted by molar-refractivity contribution is 0.0471. The van der Waals surface area contributed by atoms with Gasteiger partial charge in [0, 0.05) is 43.6 Å². The van der Waals surface area contributed by atoms with E-state index in [0.717, 1.165) is 11.6 Å². The molecular weight excluding hydrogens is 508 g/mol. The fraction of sp³-hybridized carbons (Fsp3) is 0.370. The zero-order chi connectivity index (χ0) is 27.1. The zero-order valence-corrected chi connectivity index (χ0v) is 21.0. The molecule has 1 aromatic carbocycles. The molecule has 1 aliphatic heterocycles. The number of hydrogen-bond acceptors (Lipinski definition) is 7. The van der Waals surface area contributed by atoms with Crippen molar-refractivity contribution in [1.82, 2.24) is 29.4 Å². The first kappa shape index (κ1) is 25.1. The summed E-state index contributed by atoms with van der Waals surface area (Å²) in [5, 5.41) is 0. The Hall–Kier alpha value is -4.19. The molecule has 0 bridgehead atoms. The molecule has 202 valence electrons. The molecule has 1 aliphatic carbocycles. The molecule has 10 nitrogen and oxygen atoms in total. The average molecular weight is 536 g/mol. The Morgan fingerprint density at radius 1 is 0.974 bits per heavy atom. The number of carbonyl (C=O) groups excluding carboxylic acids is 1. The number of aromatic nitrogens is 5. The summed E-state index contributed by atoms with van der Waals surface area (Å²) < 4.78 is 36.3. The van der Waals surface area contributed by atoms with Crippen LogP contribution in [0.25, 0.3) is 11.2 Å². The van der Waals surface area contributed by atoms with Gasteiger partial charge in [0.25, 0.3) is 0 Å². The molecule has 2 aliphatic rings. The summed E-state index contributed by atoms with van der Waals surface area (Å²) >= 11 is 0. The number of carbonyl (C=O) groups is 1. The molecule has 0 saturated carbocycles. The Balaban J connectivity index is 1.18. The van der Waals surface area contributed by atoms with Gasteiger partial charge in [-0.3, -0.25) is 19.5 Å². The van der Waals surface area contributed by atoms with Crippen LogP contribution in [0, 0.1) is 11.6 Å². The lowest BCUT2D eigenvalue weighted by Gasteiger charge is -2.32. The first-order valence-corrected chi connectivity index (χ1v) is 12.9. The number of piperidine rings is 1. The van der Waals surface area contributed by atoms with Crippen molar-refractivity contribution in [3.8, 4) is 0 Å². The third kappa shape index (κ3) is 4.54. The molecule has 12 heteroatoms. The number of nitrogens with two attached hydrogens (primary N) is 1. The summed E-state index contributed by atoms with van der Waals surface area (Å²) in [6, 6.07) is 6.83. The first-order valence-electron chi connectivity index (χ1n) is 12.9. The highest BCUT2D eigenvalue weighted by molar-refractivity contribution is 5.70. The number of pyridine rings is 1. The monoisotopic (exact) mass is 535 g/mol. The number of imidazole rings is 1. The third-order valence-corrected chi connectivity index (χ3v) is 7.75. The van der Waals surface area contributed by atoms with E-state index in [1.165, 1.54) is 24.5 Å². The number of likely N-dealkylation sites (tertiary alicyclic amines) is 1. The fourth-order valence-corrected chi connectivity index (χ4v) is 5.80. The van der Waals surface area contributed by atoms with E-state index in [9.17, 15) is 18.4 Å². The van der Waals surface area contributed by atoms with Gasteiger partial charge in [-0.15, -0.1) is 0 Å². The van der Waals surface area contributed by atoms with Crippen molar-refractivity contribution in [3.05, 3.63) is 88.0 Å². The summed E-state index contributed by atoms with van der Waals surface area (Å²) in [5.74, 6) is -2.45. The van der Waals surface area contributed by atoms with Crippen molar-refractivity contribution in [2.24, 2.45) is 5.73 Å². The summed E-state index contributed by atoms with van der Waals surface area (Å²) in [5.41, 5.74) is 8.54. The van der Waals surface area contributed by atoms with Gasteiger partial charge in [-0.25, -0.2) is 23.4 Å². The molecule has 3 unspecified atom stereocenters. The van der Waals surface area contributed by atoms with Crippen LogP contribution in [-0.2, 0) is 4.74 Å². The number of amides is 1. The molecule has 1 fully saturated rings. The lowest BCUT2D eigenvalue weighted by atomic mass is 9.87. The number of H-pyrrole nitrogens is 1. The maximum absolute atomic E-state index is 14.7. The van der Waals surface area contributed by atoms with Gasteiger partial charge in [0.2, 0.25) is 0 Å². The molecule has 4 heterocycles. The number of nitrogens with one attached hydrogen (secondary N) is 1. The largest absolute Gasteiger partial charge is 0.439 e. The highest BCUT2D eigenvalue weighted by Gasteiger charge is 2.37. The Morgan fingerprint density at radius 2 is 1.74 bits per heavy atom. The smallest absolute Gasteiger partial charge is 0.410 e. The van der Waals surface area contributed by atoms with Crippen LogP contribution in [-0.4, -0.2) is 48.6 Å². The van der Waals surface area contributed by atoms with Gasteiger partial charge in [-0.05, 0) is 49.4 Å². The zero-order valence-electron chi connectivity index (χ0n) is 21.0. The van der Waals surface area contributed by atoms with E-state index in [-0.39, 0.29) is 17.3 Å². The van der Waals surface area contributed by atoms with Crippen molar-refractivity contribution in [2.75, 3.05) is 13.1 Å². The topological polar surface area (TPSA) is 132 Å². The van der Waals surface area contributed by atoms with Crippen LogP contribution in [0.4, 0.5) is 13.6 Å². The van der Waals surface area contributed by atoms with Crippen molar-refractivity contribution >= 4 is 17.3 Å². The van der Waals surface area contributed by atoms with Gasteiger partial charge in [-0.1, -0.05) is 12.1 Å². The molecule has 1 amide bonds. The molecule has 6 rings (SSSR count). The average Bonchev–Trinajstić information content (AvgIpc) is 3.23. The summed E-state index contributed by atoms with van der Waals surface area (Å²) in [4.78, 5) is 43.2. The SMILES string of the molecule is NC1c2nccnc2C(OC(=O)N2CCC(n3c(=O)[nH]c4ncccc43)CC2)CCC1c1cccc(F)c1F. The Bertz CT molecular complexity index is 1580. The molecule has 1 saturated heterocycles. The van der Waals surface area contributed by atoms with Crippen LogP contribution in [0.3, 0.4) is 0 Å². The van der Waals surface area contributed by atoms with Crippen LogP contribution < -0.4 is 11.4 Å². The van der Waals surface area contributed by atoms with Crippen molar-refractivity contribution < 1.29 is 18.3 Å². The highest BCUT2D eigenvalue weighted by Crippen LogP contribution is 2.42. The number of benzene rings is 1. The van der Waals surface area contributed by atoms with E-state index in [1.54, 1.807) is 21.7 Å². The predicted octanol–water partition coefficient (Wildman–Crippen LogP) is 3.89. The molecule has 4 aromatic rings. The van der Waals surface area contributed by atoms with Crippen LogP contribution in [0.1, 0.15) is 66.7 Å². The molecule has 3 atom stereocenters. The molecule has 0 spiro atoms. The van der Waals surface area contributed by atoms with Gasteiger partial charge < -0.3 is 15.4 Å². The van der Waals surface area contributed by atoms with Crippen LogP contribution >= 0.6 is 0 Å². The maximum atomic E-state index is 14.7. The van der Waals surface area contributed by atoms with E-state index >= 15 is 0 Å². The third-order valence-electron chi connectivity index (χ3n) is 7.75. The second-order valence-corrected chi connectivity index (χ2v) is 9.94. The number of nitrogens with zero attached hydrogens (tertiary/aromatic N) is 5. The number of halogens is 2. The Kier molecular flexibility index (Phi) is 6.55. The standard InChI is InChI=1S/C27H27F2N7O3/c28-18-4-1-3-16(21(18)29)17-6-7-20(23-24(22(17)30)32-12-11-31-23)39-27(38)35-13-8-15(9-14-35)36-19-5-2-10-33-25(19)34-26(36)37/h1-5,10-12,15,17,20,22H,6-9,13-14,30H2,(H,33,34,37). The maximum Gasteiger partial charge on any atom is 0.410 e. The van der Waals surface area contributed by atoms with Gasteiger partial charge in [0.1, 0.15) is 11.8 Å². The molecule has 0 radical (unpaired) electrons. The van der Waals surface area contributed by atoms with E-state index < -0.39 is 35.8 Å². The minimum absolute atomic E-state index is 0.0797. The normalized spacial score (nSPS) is 21.9.